The Morgan fingerprint density at radius 3 is 2.38 bits per heavy atom. The molecule has 1 amide bonds. The van der Waals surface area contributed by atoms with E-state index in [-0.39, 0.29) is 29.8 Å². The zero-order chi connectivity index (χ0) is 17.6. The molecule has 6 heteroatoms. The summed E-state index contributed by atoms with van der Waals surface area (Å²) < 4.78 is 0. The number of nitrogens with zero attached hydrogens (tertiary/aromatic N) is 1. The number of carbonyl (C=O) groups is 1. The smallest absolute Gasteiger partial charge is 0.246 e. The summed E-state index contributed by atoms with van der Waals surface area (Å²) in [5, 5.41) is 18.8. The second-order valence-corrected chi connectivity index (χ2v) is 6.32. The summed E-state index contributed by atoms with van der Waals surface area (Å²) in [6.45, 7) is 4.35. The second-order valence-electron chi connectivity index (χ2n) is 6.32. The maximum atomic E-state index is 12.3. The van der Waals surface area contributed by atoms with Crippen molar-refractivity contribution in [3.63, 3.8) is 0 Å². The van der Waals surface area contributed by atoms with E-state index in [9.17, 15) is 15.0 Å². The summed E-state index contributed by atoms with van der Waals surface area (Å²) in [5.74, 6) is -0.375. The van der Waals surface area contributed by atoms with Crippen LogP contribution in [0.5, 0.6) is 11.5 Å². The van der Waals surface area contributed by atoms with Gasteiger partial charge in [0.15, 0.2) is 11.5 Å². The normalized spacial score (nSPS) is 15.0. The van der Waals surface area contributed by atoms with E-state index in [2.05, 4.69) is 24.3 Å². The molecule has 2 aromatic rings. The predicted molar refractivity (Wildman–Crippen MR) is 96.2 cm³/mol. The van der Waals surface area contributed by atoms with Gasteiger partial charge in [0.05, 0.1) is 26.2 Å². The highest BCUT2D eigenvalue weighted by Crippen LogP contribution is 2.25. The third-order valence-electron chi connectivity index (χ3n) is 4.50. The van der Waals surface area contributed by atoms with Crippen LogP contribution in [0.4, 0.5) is 0 Å². The molecule has 1 saturated heterocycles. The van der Waals surface area contributed by atoms with Gasteiger partial charge in [-0.3, -0.25) is 4.79 Å². The number of halogens is 1. The number of hydrogen-bond donors (Lipinski definition) is 3. The molecule has 3 N–H and O–H groups in total. The van der Waals surface area contributed by atoms with Crippen molar-refractivity contribution in [2.24, 2.45) is 0 Å². The number of nitrogens with one attached hydrogen (secondary N) is 1. The first-order valence-electron chi connectivity index (χ1n) is 8.48. The third kappa shape index (κ3) is 5.25. The summed E-state index contributed by atoms with van der Waals surface area (Å²) in [5.41, 5.74) is 2.00. The van der Waals surface area contributed by atoms with Gasteiger partial charge in [-0.15, -0.1) is 0 Å². The van der Waals surface area contributed by atoms with Crippen LogP contribution >= 0.6 is 0 Å². The van der Waals surface area contributed by atoms with Gasteiger partial charge in [0.1, 0.15) is 6.54 Å². The fraction of sp³-hybridized carbons (Fsp3) is 0.250. The van der Waals surface area contributed by atoms with Crippen LogP contribution in [0.2, 0.25) is 0 Å². The van der Waals surface area contributed by atoms with Crippen LogP contribution in [0.3, 0.4) is 0 Å². The topological polar surface area (TPSA) is 65.2 Å². The number of amides is 1. The van der Waals surface area contributed by atoms with Crippen molar-refractivity contribution in [3.05, 3.63) is 65.7 Å². The summed E-state index contributed by atoms with van der Waals surface area (Å²) in [7, 11) is 0. The van der Waals surface area contributed by atoms with Crippen LogP contribution in [-0.4, -0.2) is 47.2 Å². The molecule has 0 radical (unpaired) electrons. The molecule has 0 unspecified atom stereocenters. The van der Waals surface area contributed by atoms with E-state index >= 15 is 0 Å². The van der Waals surface area contributed by atoms with Gasteiger partial charge in [0.25, 0.3) is 0 Å². The first kappa shape index (κ1) is 19.8. The number of hydrogen-bond acceptors (Lipinski definition) is 3. The van der Waals surface area contributed by atoms with Crippen LogP contribution in [0, 0.1) is 0 Å². The van der Waals surface area contributed by atoms with E-state index in [0.29, 0.717) is 5.56 Å². The Kier molecular flexibility index (Phi) is 7.06. The van der Waals surface area contributed by atoms with Crippen molar-refractivity contribution in [1.82, 2.24) is 4.90 Å². The van der Waals surface area contributed by atoms with Crippen LogP contribution in [0.15, 0.2) is 54.6 Å². The molecule has 138 valence electrons. The lowest BCUT2D eigenvalue weighted by Crippen LogP contribution is -3.13. The number of quaternary nitrogens is 1. The molecule has 0 spiro atoms. The van der Waals surface area contributed by atoms with Gasteiger partial charge in [-0.1, -0.05) is 36.4 Å². The number of rotatable bonds is 4. The van der Waals surface area contributed by atoms with Crippen molar-refractivity contribution in [1.29, 1.82) is 0 Å². The van der Waals surface area contributed by atoms with E-state index < -0.39 is 0 Å². The highest BCUT2D eigenvalue weighted by molar-refractivity contribution is 5.91. The lowest BCUT2D eigenvalue weighted by molar-refractivity contribution is -0.917. The van der Waals surface area contributed by atoms with E-state index in [0.717, 1.165) is 32.7 Å². The molecule has 0 aliphatic carbocycles. The largest absolute Gasteiger partial charge is 1.00 e. The van der Waals surface area contributed by atoms with Gasteiger partial charge in [0.2, 0.25) is 5.91 Å². The van der Waals surface area contributed by atoms with Crippen molar-refractivity contribution >= 4 is 12.0 Å². The van der Waals surface area contributed by atoms with Gasteiger partial charge in [-0.25, -0.2) is 0 Å². The molecule has 1 fully saturated rings. The van der Waals surface area contributed by atoms with Crippen molar-refractivity contribution in [3.8, 4) is 11.5 Å². The van der Waals surface area contributed by atoms with E-state index in [4.69, 9.17) is 0 Å². The summed E-state index contributed by atoms with van der Waals surface area (Å²) in [6, 6.07) is 14.9. The van der Waals surface area contributed by atoms with E-state index in [1.54, 1.807) is 12.1 Å². The molecule has 2 aromatic carbocycles. The lowest BCUT2D eigenvalue weighted by Gasteiger charge is -2.31. The molecule has 0 aromatic heterocycles. The minimum Gasteiger partial charge on any atom is -1.00 e. The highest BCUT2D eigenvalue weighted by Gasteiger charge is 2.22. The molecule has 5 nitrogen and oxygen atoms in total. The Morgan fingerprint density at radius 2 is 1.73 bits per heavy atom. The first-order chi connectivity index (χ1) is 12.1. The summed E-state index contributed by atoms with van der Waals surface area (Å²) in [6.07, 6.45) is 3.18. The lowest BCUT2D eigenvalue weighted by atomic mass is 10.1. The summed E-state index contributed by atoms with van der Waals surface area (Å²) >= 11 is 0. The van der Waals surface area contributed by atoms with Crippen LogP contribution in [0.1, 0.15) is 11.1 Å². The standard InChI is InChI=1S/C20H22N2O3.ClH/c23-18-8-6-16(14-19(18)24)7-9-20(25)22-12-10-21(11-13-22)15-17-4-2-1-3-5-17;/h1-9,14,23-24H,10-13,15H2;1H. The molecule has 0 bridgehead atoms. The molecule has 1 heterocycles. The maximum Gasteiger partial charge on any atom is 0.246 e. The zero-order valence-corrected chi connectivity index (χ0v) is 15.2. The van der Waals surface area contributed by atoms with Crippen molar-refractivity contribution in [2.75, 3.05) is 26.2 Å². The number of aromatic hydroxyl groups is 2. The molecule has 26 heavy (non-hydrogen) atoms. The van der Waals surface area contributed by atoms with Crippen molar-refractivity contribution in [2.45, 2.75) is 6.54 Å². The average molecular weight is 375 g/mol. The van der Waals surface area contributed by atoms with Crippen LogP contribution in [-0.2, 0) is 11.3 Å². The monoisotopic (exact) mass is 374 g/mol. The molecule has 0 atom stereocenters. The first-order valence-corrected chi connectivity index (χ1v) is 8.48. The average Bonchev–Trinajstić information content (AvgIpc) is 2.64. The molecule has 1 aliphatic heterocycles. The number of benzene rings is 2. The number of phenols is 2. The number of carbonyl (C=O) groups excluding carboxylic acids is 1. The number of piperazine rings is 1. The van der Waals surface area contributed by atoms with Gasteiger partial charge in [0, 0.05) is 11.6 Å². The zero-order valence-electron chi connectivity index (χ0n) is 14.4. The fourth-order valence-electron chi connectivity index (χ4n) is 3.02. The predicted octanol–water partition coefficient (Wildman–Crippen LogP) is -1.96. The molecule has 1 aliphatic rings. The summed E-state index contributed by atoms with van der Waals surface area (Å²) in [4.78, 5) is 15.6. The molecular formula is C20H23ClN2O3. The minimum atomic E-state index is -0.187. The van der Waals surface area contributed by atoms with Crippen molar-refractivity contribution < 1.29 is 32.3 Å². The Labute approximate surface area is 159 Å². The molecule has 0 saturated carbocycles. The maximum absolute atomic E-state index is 12.3. The van der Waals surface area contributed by atoms with Crippen LogP contribution in [0.25, 0.3) is 6.08 Å². The van der Waals surface area contributed by atoms with Gasteiger partial charge < -0.3 is 32.4 Å². The van der Waals surface area contributed by atoms with E-state index in [1.165, 1.54) is 28.7 Å². The SMILES string of the molecule is O=C(C=Cc1ccc(O)c(O)c1)N1CC[NH+](Cc2ccccc2)CC1.[Cl-]. The Balaban J connectivity index is 0.00000243. The molecular weight excluding hydrogens is 352 g/mol. The Bertz CT molecular complexity index is 757. The Morgan fingerprint density at radius 1 is 1.04 bits per heavy atom. The molecule has 3 rings (SSSR count). The van der Waals surface area contributed by atoms with E-state index in [1.807, 2.05) is 11.0 Å². The van der Waals surface area contributed by atoms with Gasteiger partial charge in [-0.05, 0) is 23.8 Å². The van der Waals surface area contributed by atoms with Gasteiger partial charge in [-0.2, -0.15) is 0 Å². The second kappa shape index (κ2) is 9.27. The van der Waals surface area contributed by atoms with Gasteiger partial charge >= 0.3 is 0 Å². The highest BCUT2D eigenvalue weighted by atomic mass is 35.5. The minimum absolute atomic E-state index is 0. The number of phenolic OH excluding ortho intramolecular Hbond substituents is 2. The fourth-order valence-corrected chi connectivity index (χ4v) is 3.02. The Hall–Kier alpha value is -2.50. The quantitative estimate of drug-likeness (QED) is 0.430. The third-order valence-corrected chi connectivity index (χ3v) is 4.50. The van der Waals surface area contributed by atoms with Crippen LogP contribution < -0.4 is 17.3 Å².